The molecule has 0 aromatic carbocycles. The predicted molar refractivity (Wildman–Crippen MR) is 74.0 cm³/mol. The lowest BCUT2D eigenvalue weighted by molar-refractivity contribution is 0.225. The average Bonchev–Trinajstić information content (AvgIpc) is 2.30. The molecule has 5 heteroatoms. The molecule has 4 N–H and O–H groups in total. The number of nitrogens with two attached hydrogens (primary N) is 1. The highest BCUT2D eigenvalue weighted by molar-refractivity contribution is 7.80. The van der Waals surface area contributed by atoms with E-state index in [1.165, 1.54) is 6.42 Å². The van der Waals surface area contributed by atoms with Crippen molar-refractivity contribution < 1.29 is 4.79 Å². The minimum Gasteiger partial charge on any atom is -0.391 e. The summed E-state index contributed by atoms with van der Waals surface area (Å²) in [5.41, 5.74) is 5.34. The van der Waals surface area contributed by atoms with E-state index in [4.69, 9.17) is 18.0 Å². The molecule has 17 heavy (non-hydrogen) atoms. The summed E-state index contributed by atoms with van der Waals surface area (Å²) in [6, 6.07) is -0.145. The molecule has 0 saturated heterocycles. The van der Waals surface area contributed by atoms with Crippen molar-refractivity contribution in [2.45, 2.75) is 57.4 Å². The van der Waals surface area contributed by atoms with E-state index in [1.54, 1.807) is 0 Å². The van der Waals surface area contributed by atoms with Gasteiger partial charge in [-0.3, -0.25) is 0 Å². The van der Waals surface area contributed by atoms with E-state index < -0.39 is 5.54 Å². The Morgan fingerprint density at radius 1 is 1.35 bits per heavy atom. The highest BCUT2D eigenvalue weighted by Crippen LogP contribution is 2.28. The lowest BCUT2D eigenvalue weighted by Crippen LogP contribution is -2.59. The van der Waals surface area contributed by atoms with E-state index in [9.17, 15) is 4.79 Å². The molecule has 0 spiro atoms. The molecule has 4 nitrogen and oxygen atoms in total. The molecule has 1 fully saturated rings. The zero-order valence-electron chi connectivity index (χ0n) is 10.6. The number of hydrogen-bond donors (Lipinski definition) is 3. The second-order valence-electron chi connectivity index (χ2n) is 4.74. The van der Waals surface area contributed by atoms with Crippen LogP contribution in [0.5, 0.6) is 0 Å². The molecule has 0 aliphatic heterocycles. The number of urea groups is 1. The van der Waals surface area contributed by atoms with Gasteiger partial charge in [0.2, 0.25) is 0 Å². The van der Waals surface area contributed by atoms with Crippen molar-refractivity contribution in [3.8, 4) is 0 Å². The number of thiocarbonyl (C=S) groups is 1. The molecule has 0 aromatic heterocycles. The molecule has 0 bridgehead atoms. The largest absolute Gasteiger partial charge is 0.391 e. The molecule has 0 aromatic rings. The monoisotopic (exact) mass is 257 g/mol. The van der Waals surface area contributed by atoms with Crippen LogP contribution >= 0.6 is 12.2 Å². The van der Waals surface area contributed by atoms with Crippen LogP contribution in [0.4, 0.5) is 4.79 Å². The van der Waals surface area contributed by atoms with Crippen LogP contribution < -0.4 is 16.4 Å². The summed E-state index contributed by atoms with van der Waals surface area (Å²) in [5.74, 6) is 0. The topological polar surface area (TPSA) is 67.2 Å². The SMILES string of the molecule is CCCCNC(=O)NC1(C(N)=S)CCCCC1. The Labute approximate surface area is 109 Å². The first-order chi connectivity index (χ1) is 8.10. The minimum absolute atomic E-state index is 0.145. The predicted octanol–water partition coefficient (Wildman–Crippen LogP) is 2.07. The summed E-state index contributed by atoms with van der Waals surface area (Å²) in [6.07, 6.45) is 7.14. The van der Waals surface area contributed by atoms with E-state index >= 15 is 0 Å². The molecule has 98 valence electrons. The quantitative estimate of drug-likeness (QED) is 0.522. The summed E-state index contributed by atoms with van der Waals surface area (Å²) in [7, 11) is 0. The lowest BCUT2D eigenvalue weighted by Gasteiger charge is -2.37. The van der Waals surface area contributed by atoms with E-state index in [2.05, 4.69) is 17.6 Å². The van der Waals surface area contributed by atoms with Gasteiger partial charge in [0.25, 0.3) is 0 Å². The molecule has 0 heterocycles. The van der Waals surface area contributed by atoms with E-state index in [1.807, 2.05) is 0 Å². The Morgan fingerprint density at radius 2 is 2.00 bits per heavy atom. The van der Waals surface area contributed by atoms with Gasteiger partial charge in [-0.05, 0) is 19.3 Å². The van der Waals surface area contributed by atoms with Crippen LogP contribution in [0.15, 0.2) is 0 Å². The number of amides is 2. The van der Waals surface area contributed by atoms with Gasteiger partial charge in [-0.25, -0.2) is 4.79 Å². The third-order valence-electron chi connectivity index (χ3n) is 3.35. The summed E-state index contributed by atoms with van der Waals surface area (Å²) in [4.78, 5) is 12.2. The first-order valence-electron chi connectivity index (χ1n) is 6.46. The summed E-state index contributed by atoms with van der Waals surface area (Å²) in [5, 5.41) is 5.82. The normalized spacial score (nSPS) is 18.4. The highest BCUT2D eigenvalue weighted by Gasteiger charge is 2.36. The number of nitrogens with one attached hydrogen (secondary N) is 2. The fourth-order valence-corrected chi connectivity index (χ4v) is 2.48. The smallest absolute Gasteiger partial charge is 0.315 e. The molecule has 0 unspecified atom stereocenters. The van der Waals surface area contributed by atoms with Crippen LogP contribution in [0.2, 0.25) is 0 Å². The first-order valence-corrected chi connectivity index (χ1v) is 6.87. The summed E-state index contributed by atoms with van der Waals surface area (Å²) < 4.78 is 0. The molecule has 0 radical (unpaired) electrons. The van der Waals surface area contributed by atoms with Crippen molar-refractivity contribution in [2.24, 2.45) is 5.73 Å². The number of unbranched alkanes of at least 4 members (excludes halogenated alkanes) is 1. The van der Waals surface area contributed by atoms with Gasteiger partial charge in [-0.15, -0.1) is 0 Å². The molecular weight excluding hydrogens is 234 g/mol. The molecule has 1 rings (SSSR count). The minimum atomic E-state index is -0.454. The van der Waals surface area contributed by atoms with Gasteiger partial charge in [-0.2, -0.15) is 0 Å². The van der Waals surface area contributed by atoms with Crippen molar-refractivity contribution >= 4 is 23.2 Å². The van der Waals surface area contributed by atoms with Crippen LogP contribution in [0.3, 0.4) is 0 Å². The Kier molecular flexibility index (Phi) is 5.68. The standard InChI is InChI=1S/C12H23N3OS/c1-2-3-9-14-11(16)15-12(10(13)17)7-5-4-6-8-12/h2-9H2,1H3,(H2,13,17)(H2,14,15,16). The zero-order chi connectivity index (χ0) is 12.7. The maximum absolute atomic E-state index is 11.8. The van der Waals surface area contributed by atoms with Crippen molar-refractivity contribution in [1.29, 1.82) is 0 Å². The van der Waals surface area contributed by atoms with Crippen molar-refractivity contribution in [2.75, 3.05) is 6.54 Å². The Balaban J connectivity index is 2.48. The van der Waals surface area contributed by atoms with Crippen LogP contribution in [0.25, 0.3) is 0 Å². The van der Waals surface area contributed by atoms with Crippen molar-refractivity contribution in [3.05, 3.63) is 0 Å². The molecule has 1 saturated carbocycles. The van der Waals surface area contributed by atoms with Gasteiger partial charge < -0.3 is 16.4 Å². The molecule has 0 atom stereocenters. The zero-order valence-corrected chi connectivity index (χ0v) is 11.4. The van der Waals surface area contributed by atoms with Crippen molar-refractivity contribution in [3.63, 3.8) is 0 Å². The second kappa shape index (κ2) is 6.79. The Morgan fingerprint density at radius 3 is 2.53 bits per heavy atom. The number of rotatable bonds is 5. The number of carbonyl (C=O) groups is 1. The third-order valence-corrected chi connectivity index (χ3v) is 3.74. The third kappa shape index (κ3) is 4.15. The number of carbonyl (C=O) groups excluding carboxylic acids is 1. The van der Waals surface area contributed by atoms with Crippen LogP contribution in [-0.4, -0.2) is 23.1 Å². The Hall–Kier alpha value is -0.840. The summed E-state index contributed by atoms with van der Waals surface area (Å²) in [6.45, 7) is 2.80. The summed E-state index contributed by atoms with van der Waals surface area (Å²) >= 11 is 5.12. The fraction of sp³-hybridized carbons (Fsp3) is 0.833. The molecule has 1 aliphatic rings. The maximum atomic E-state index is 11.8. The Bertz CT molecular complexity index is 275. The van der Waals surface area contributed by atoms with Crippen LogP contribution in [0.1, 0.15) is 51.9 Å². The number of hydrogen-bond acceptors (Lipinski definition) is 2. The van der Waals surface area contributed by atoms with Gasteiger partial charge in [0.05, 0.1) is 10.5 Å². The van der Waals surface area contributed by atoms with E-state index in [0.717, 1.165) is 38.5 Å². The van der Waals surface area contributed by atoms with Crippen molar-refractivity contribution in [1.82, 2.24) is 10.6 Å². The fourth-order valence-electron chi connectivity index (χ4n) is 2.23. The highest BCUT2D eigenvalue weighted by atomic mass is 32.1. The molecule has 2 amide bonds. The van der Waals surface area contributed by atoms with E-state index in [-0.39, 0.29) is 6.03 Å². The average molecular weight is 257 g/mol. The van der Waals surface area contributed by atoms with Crippen LogP contribution in [-0.2, 0) is 0 Å². The maximum Gasteiger partial charge on any atom is 0.315 e. The van der Waals surface area contributed by atoms with Gasteiger partial charge in [0, 0.05) is 6.54 Å². The first kappa shape index (κ1) is 14.2. The van der Waals surface area contributed by atoms with Gasteiger partial charge in [0.1, 0.15) is 0 Å². The van der Waals surface area contributed by atoms with Gasteiger partial charge in [0.15, 0.2) is 0 Å². The second-order valence-corrected chi connectivity index (χ2v) is 5.18. The van der Waals surface area contributed by atoms with Crippen LogP contribution in [0, 0.1) is 0 Å². The lowest BCUT2D eigenvalue weighted by atomic mass is 9.81. The molecule has 1 aliphatic carbocycles. The van der Waals surface area contributed by atoms with E-state index in [0.29, 0.717) is 11.5 Å². The van der Waals surface area contributed by atoms with Gasteiger partial charge in [-0.1, -0.05) is 44.8 Å². The van der Waals surface area contributed by atoms with Gasteiger partial charge >= 0.3 is 6.03 Å². The molecular formula is C12H23N3OS.